The molecule has 0 aromatic heterocycles. The molecular weight excluding hydrogens is 803 g/mol. The molecule has 0 aromatic rings. The summed E-state index contributed by atoms with van der Waals surface area (Å²) in [6.45, 7) is 3.24. The Morgan fingerprint density at radius 3 is 1.39 bits per heavy atom. The predicted octanol–water partition coefficient (Wildman–Crippen LogP) is 9.17. The van der Waals surface area contributed by atoms with Crippen LogP contribution in [0, 0.1) is 0 Å². The van der Waals surface area contributed by atoms with Gasteiger partial charge in [0.2, 0.25) is 0 Å². The number of aliphatic hydroxyl groups is 5. The van der Waals surface area contributed by atoms with E-state index in [-0.39, 0.29) is 12.8 Å². The van der Waals surface area contributed by atoms with Crippen molar-refractivity contribution in [3.63, 3.8) is 0 Å². The van der Waals surface area contributed by atoms with Crippen LogP contribution in [0.2, 0.25) is 0 Å². The third-order valence-electron chi connectivity index (χ3n) is 10.6. The third-order valence-corrected chi connectivity index (χ3v) is 11.6. The molecule has 354 valence electrons. The summed E-state index contributed by atoms with van der Waals surface area (Å²) in [6.07, 6.45) is 30.2. The van der Waals surface area contributed by atoms with Crippen molar-refractivity contribution in [2.45, 2.75) is 224 Å². The van der Waals surface area contributed by atoms with Crippen LogP contribution in [0.15, 0.2) is 48.6 Å². The first-order valence-corrected chi connectivity index (χ1v) is 24.9. The van der Waals surface area contributed by atoms with Gasteiger partial charge in [0.15, 0.2) is 6.10 Å². The van der Waals surface area contributed by atoms with E-state index in [4.69, 9.17) is 18.5 Å². The van der Waals surface area contributed by atoms with Crippen LogP contribution in [0.5, 0.6) is 0 Å². The van der Waals surface area contributed by atoms with Crippen molar-refractivity contribution >= 4 is 19.8 Å². The summed E-state index contributed by atoms with van der Waals surface area (Å²) in [7, 11) is -5.13. The number of hydrogen-bond acceptors (Lipinski definition) is 12. The van der Waals surface area contributed by atoms with Gasteiger partial charge in [-0.15, -0.1) is 0 Å². The van der Waals surface area contributed by atoms with Gasteiger partial charge in [-0.1, -0.05) is 140 Å². The molecule has 1 saturated carbocycles. The summed E-state index contributed by atoms with van der Waals surface area (Å²) in [5.41, 5.74) is 0. The summed E-state index contributed by atoms with van der Waals surface area (Å²) in [4.78, 5) is 35.7. The lowest BCUT2D eigenvalue weighted by molar-refractivity contribution is -0.220. The van der Waals surface area contributed by atoms with E-state index >= 15 is 0 Å². The number of phosphoric ester groups is 1. The molecule has 6 unspecified atom stereocenters. The molecule has 1 rings (SSSR count). The second-order valence-electron chi connectivity index (χ2n) is 16.3. The second-order valence-corrected chi connectivity index (χ2v) is 17.7. The molecule has 0 spiro atoms. The van der Waals surface area contributed by atoms with E-state index in [0.29, 0.717) is 12.8 Å². The minimum Gasteiger partial charge on any atom is -0.462 e. The Morgan fingerprint density at radius 1 is 0.508 bits per heavy atom. The molecule has 13 nitrogen and oxygen atoms in total. The Morgan fingerprint density at radius 2 is 0.885 bits per heavy atom. The maximum atomic E-state index is 12.8. The fourth-order valence-electron chi connectivity index (χ4n) is 6.82. The average Bonchev–Trinajstić information content (AvgIpc) is 3.24. The lowest BCUT2D eigenvalue weighted by Crippen LogP contribution is -2.64. The third kappa shape index (κ3) is 29.7. The molecule has 1 aliphatic carbocycles. The molecule has 0 amide bonds. The molecule has 14 heteroatoms. The average molecular weight is 887 g/mol. The highest BCUT2D eigenvalue weighted by Crippen LogP contribution is 2.47. The maximum Gasteiger partial charge on any atom is 0.472 e. The SMILES string of the molecule is CCCCCC=CCC=CCC=CCCCCCCC(=O)OC(COC(=O)CCCCCCCC=CCCCCCCCC)COP(=O)(O)OC1C(O)C(O)C(O)C(O)C1O. The van der Waals surface area contributed by atoms with Gasteiger partial charge in [-0.05, 0) is 77.0 Å². The zero-order valence-corrected chi connectivity index (χ0v) is 38.3. The molecule has 0 radical (unpaired) electrons. The lowest BCUT2D eigenvalue weighted by atomic mass is 9.85. The highest BCUT2D eigenvalue weighted by atomic mass is 31.2. The van der Waals surface area contributed by atoms with Gasteiger partial charge in [-0.25, -0.2) is 4.57 Å². The second kappa shape index (κ2) is 37.2. The summed E-state index contributed by atoms with van der Waals surface area (Å²) in [5, 5.41) is 50.1. The van der Waals surface area contributed by atoms with E-state index in [0.717, 1.165) is 83.5 Å². The number of carbonyl (C=O) groups is 2. The van der Waals surface area contributed by atoms with Gasteiger partial charge < -0.3 is 39.9 Å². The summed E-state index contributed by atoms with van der Waals surface area (Å²) >= 11 is 0. The summed E-state index contributed by atoms with van der Waals surface area (Å²) in [6, 6.07) is 0. The van der Waals surface area contributed by atoms with Crippen LogP contribution in [0.1, 0.15) is 181 Å². The summed E-state index contributed by atoms with van der Waals surface area (Å²) in [5.74, 6) is -1.14. The van der Waals surface area contributed by atoms with Gasteiger partial charge in [0.25, 0.3) is 0 Å². The van der Waals surface area contributed by atoms with Crippen LogP contribution in [0.25, 0.3) is 0 Å². The first kappa shape index (κ1) is 56.8. The molecule has 61 heavy (non-hydrogen) atoms. The summed E-state index contributed by atoms with van der Waals surface area (Å²) < 4.78 is 33.5. The highest BCUT2D eigenvalue weighted by molar-refractivity contribution is 7.47. The van der Waals surface area contributed by atoms with Gasteiger partial charge in [0.1, 0.15) is 43.2 Å². The molecule has 0 aliphatic heterocycles. The molecule has 0 aromatic carbocycles. The Bertz CT molecular complexity index is 1250. The number of aliphatic hydroxyl groups excluding tert-OH is 5. The van der Waals surface area contributed by atoms with E-state index in [9.17, 15) is 44.6 Å². The molecule has 1 fully saturated rings. The Kier molecular flexibility index (Phi) is 34.7. The van der Waals surface area contributed by atoms with Gasteiger partial charge in [0.05, 0.1) is 6.61 Å². The molecule has 0 heterocycles. The van der Waals surface area contributed by atoms with Gasteiger partial charge >= 0.3 is 19.8 Å². The topological polar surface area (TPSA) is 210 Å². The molecular formula is C47H83O13P. The predicted molar refractivity (Wildman–Crippen MR) is 239 cm³/mol. The van der Waals surface area contributed by atoms with E-state index in [2.05, 4.69) is 62.5 Å². The molecule has 6 N–H and O–H groups in total. The monoisotopic (exact) mass is 887 g/mol. The Hall–Kier alpha value is -2.19. The first-order valence-electron chi connectivity index (χ1n) is 23.4. The van der Waals surface area contributed by atoms with E-state index in [1.165, 1.54) is 57.8 Å². The molecule has 0 bridgehead atoms. The van der Waals surface area contributed by atoms with Crippen molar-refractivity contribution in [1.29, 1.82) is 0 Å². The van der Waals surface area contributed by atoms with Crippen molar-refractivity contribution in [1.82, 2.24) is 0 Å². The van der Waals surface area contributed by atoms with Gasteiger partial charge in [-0.3, -0.25) is 18.6 Å². The van der Waals surface area contributed by atoms with Crippen LogP contribution in [0.3, 0.4) is 0 Å². The maximum absolute atomic E-state index is 12.8. The smallest absolute Gasteiger partial charge is 0.462 e. The molecule has 0 saturated heterocycles. The standard InChI is InChI=1S/C47H83O13P/c1-3-5-7-9-11-13-15-17-19-20-22-24-26-28-30-32-34-36-41(49)59-39(38-58-61(55,56)60-47-45(53)43(51)42(50)44(52)46(47)54)37-57-40(48)35-33-31-29-27-25-23-21-18-16-14-12-10-8-6-4-2/h11,13,17-19,21-22,24,39,42-47,50-54H,3-10,12,14-16,20,23,25-38H2,1-2H3,(H,55,56). The van der Waals surface area contributed by atoms with Crippen LogP contribution < -0.4 is 0 Å². The van der Waals surface area contributed by atoms with Crippen molar-refractivity contribution in [3.8, 4) is 0 Å². The highest BCUT2D eigenvalue weighted by Gasteiger charge is 2.51. The number of carbonyl (C=O) groups excluding carboxylic acids is 2. The normalized spacial score (nSPS) is 22.4. The van der Waals surface area contributed by atoms with Crippen LogP contribution in [-0.2, 0) is 32.7 Å². The van der Waals surface area contributed by atoms with Gasteiger partial charge in [0, 0.05) is 12.8 Å². The first-order chi connectivity index (χ1) is 29.4. The number of hydrogen-bond donors (Lipinski definition) is 6. The quantitative estimate of drug-likeness (QED) is 0.0148. The Balaban J connectivity index is 2.49. The largest absolute Gasteiger partial charge is 0.472 e. The van der Waals surface area contributed by atoms with Crippen molar-refractivity contribution < 1.29 is 63.1 Å². The number of rotatable bonds is 38. The lowest BCUT2D eigenvalue weighted by Gasteiger charge is -2.41. The fraction of sp³-hybridized carbons (Fsp3) is 0.787. The van der Waals surface area contributed by atoms with E-state index < -0.39 is 75.7 Å². The van der Waals surface area contributed by atoms with Crippen molar-refractivity contribution in [2.75, 3.05) is 13.2 Å². The number of esters is 2. The Labute approximate surface area is 367 Å². The van der Waals surface area contributed by atoms with Crippen LogP contribution in [-0.4, -0.2) is 98.3 Å². The van der Waals surface area contributed by atoms with E-state index in [1.54, 1.807) is 0 Å². The van der Waals surface area contributed by atoms with E-state index in [1.807, 2.05) is 0 Å². The fourth-order valence-corrected chi connectivity index (χ4v) is 7.79. The number of ether oxygens (including phenoxy) is 2. The molecule has 6 atom stereocenters. The van der Waals surface area contributed by atoms with Gasteiger partial charge in [-0.2, -0.15) is 0 Å². The van der Waals surface area contributed by atoms with Crippen molar-refractivity contribution in [3.05, 3.63) is 48.6 Å². The zero-order chi connectivity index (χ0) is 45.0. The number of unbranched alkanes of at least 4 members (excludes halogenated alkanes) is 18. The number of allylic oxidation sites excluding steroid dienone is 8. The zero-order valence-electron chi connectivity index (χ0n) is 37.4. The minimum atomic E-state index is -5.13. The molecule has 1 aliphatic rings. The minimum absolute atomic E-state index is 0.0683. The van der Waals surface area contributed by atoms with Crippen molar-refractivity contribution in [2.24, 2.45) is 0 Å². The van der Waals surface area contributed by atoms with Crippen LogP contribution in [0.4, 0.5) is 0 Å². The van der Waals surface area contributed by atoms with Crippen LogP contribution >= 0.6 is 7.82 Å². The number of phosphoric acid groups is 1.